The quantitative estimate of drug-likeness (QED) is 0.910. The summed E-state index contributed by atoms with van der Waals surface area (Å²) in [5.74, 6) is 1.72. The molecular weight excluding hydrogens is 262 g/mol. The fourth-order valence-electron chi connectivity index (χ4n) is 4.00. The lowest BCUT2D eigenvalue weighted by Gasteiger charge is -2.45. The Balaban J connectivity index is 1.62. The van der Waals surface area contributed by atoms with Gasteiger partial charge < -0.3 is 10.6 Å². The van der Waals surface area contributed by atoms with Crippen LogP contribution in [0.2, 0.25) is 0 Å². The van der Waals surface area contributed by atoms with E-state index in [4.69, 9.17) is 5.73 Å². The fraction of sp³-hybridized carbons (Fsp3) is 0.750. The third-order valence-electron chi connectivity index (χ3n) is 5.43. The van der Waals surface area contributed by atoms with Crippen LogP contribution in [-0.4, -0.2) is 53.1 Å². The number of piperazine rings is 1. The molecule has 1 saturated carbocycles. The molecule has 5 nitrogen and oxygen atoms in total. The van der Waals surface area contributed by atoms with Crippen LogP contribution in [0.1, 0.15) is 32.6 Å². The van der Waals surface area contributed by atoms with E-state index in [0.717, 1.165) is 44.6 Å². The van der Waals surface area contributed by atoms with Crippen LogP contribution in [0.5, 0.6) is 0 Å². The molecule has 2 atom stereocenters. The molecule has 116 valence electrons. The molecule has 1 aliphatic heterocycles. The molecule has 2 aliphatic rings. The average molecular weight is 289 g/mol. The lowest BCUT2D eigenvalue weighted by Crippen LogP contribution is -2.59. The van der Waals surface area contributed by atoms with E-state index in [2.05, 4.69) is 26.7 Å². The van der Waals surface area contributed by atoms with Gasteiger partial charge in [-0.15, -0.1) is 0 Å². The topological polar surface area (TPSA) is 58.3 Å². The Labute approximate surface area is 127 Å². The highest BCUT2D eigenvalue weighted by atomic mass is 15.3. The van der Waals surface area contributed by atoms with Crippen molar-refractivity contribution in [2.75, 3.05) is 37.6 Å². The molecule has 0 aromatic carbocycles. The van der Waals surface area contributed by atoms with Gasteiger partial charge in [0.2, 0.25) is 5.95 Å². The van der Waals surface area contributed by atoms with Gasteiger partial charge in [0.05, 0.1) is 0 Å². The predicted octanol–water partition coefficient (Wildman–Crippen LogP) is 1.51. The summed E-state index contributed by atoms with van der Waals surface area (Å²) in [6, 6.07) is 1.87. The van der Waals surface area contributed by atoms with Gasteiger partial charge in [-0.1, -0.05) is 13.3 Å². The summed E-state index contributed by atoms with van der Waals surface area (Å²) in [4.78, 5) is 13.6. The van der Waals surface area contributed by atoms with Crippen molar-refractivity contribution in [2.24, 2.45) is 11.7 Å². The number of hydrogen-bond acceptors (Lipinski definition) is 5. The average Bonchev–Trinajstić information content (AvgIpc) is 3.01. The smallest absolute Gasteiger partial charge is 0.225 e. The van der Waals surface area contributed by atoms with E-state index < -0.39 is 0 Å². The van der Waals surface area contributed by atoms with Crippen molar-refractivity contribution in [3.8, 4) is 0 Å². The van der Waals surface area contributed by atoms with Crippen molar-refractivity contribution in [1.29, 1.82) is 0 Å². The number of aromatic nitrogens is 2. The van der Waals surface area contributed by atoms with Gasteiger partial charge in [0.15, 0.2) is 0 Å². The van der Waals surface area contributed by atoms with Crippen LogP contribution < -0.4 is 10.6 Å². The molecule has 2 fully saturated rings. The molecule has 21 heavy (non-hydrogen) atoms. The molecule has 0 amide bonds. The zero-order valence-electron chi connectivity index (χ0n) is 13.0. The second-order valence-electron chi connectivity index (χ2n) is 6.47. The number of nitrogens with zero attached hydrogens (tertiary/aromatic N) is 4. The molecule has 0 radical (unpaired) electrons. The van der Waals surface area contributed by atoms with Crippen molar-refractivity contribution in [2.45, 2.75) is 38.1 Å². The minimum atomic E-state index is 0.254. The molecule has 5 heteroatoms. The van der Waals surface area contributed by atoms with Gasteiger partial charge >= 0.3 is 0 Å². The zero-order chi connectivity index (χ0) is 14.7. The predicted molar refractivity (Wildman–Crippen MR) is 85.2 cm³/mol. The largest absolute Gasteiger partial charge is 0.338 e. The van der Waals surface area contributed by atoms with Crippen LogP contribution in [0.25, 0.3) is 0 Å². The Morgan fingerprint density at radius 3 is 2.52 bits per heavy atom. The molecule has 2 N–H and O–H groups in total. The summed E-state index contributed by atoms with van der Waals surface area (Å²) in [6.07, 6.45) is 8.82. The zero-order valence-corrected chi connectivity index (χ0v) is 13.0. The first kappa shape index (κ1) is 14.7. The van der Waals surface area contributed by atoms with Crippen molar-refractivity contribution in [3.05, 3.63) is 18.5 Å². The molecule has 2 unspecified atom stereocenters. The Morgan fingerprint density at radius 1 is 1.24 bits per heavy atom. The van der Waals surface area contributed by atoms with Crippen LogP contribution in [0.15, 0.2) is 18.5 Å². The van der Waals surface area contributed by atoms with Gasteiger partial charge in [0.1, 0.15) is 0 Å². The van der Waals surface area contributed by atoms with Crippen molar-refractivity contribution < 1.29 is 0 Å². The van der Waals surface area contributed by atoms with Crippen LogP contribution in [-0.2, 0) is 0 Å². The molecular formula is C16H27N5. The number of anilines is 1. The van der Waals surface area contributed by atoms with E-state index >= 15 is 0 Å². The van der Waals surface area contributed by atoms with Gasteiger partial charge in [-0.05, 0) is 31.2 Å². The number of nitrogens with two attached hydrogens (primary N) is 1. The van der Waals surface area contributed by atoms with E-state index in [9.17, 15) is 0 Å². The van der Waals surface area contributed by atoms with Crippen LogP contribution in [0.3, 0.4) is 0 Å². The fourth-order valence-corrected chi connectivity index (χ4v) is 4.00. The van der Waals surface area contributed by atoms with E-state index in [0.29, 0.717) is 0 Å². The van der Waals surface area contributed by atoms with Crippen molar-refractivity contribution in [1.82, 2.24) is 14.9 Å². The Bertz CT molecular complexity index is 443. The van der Waals surface area contributed by atoms with Crippen molar-refractivity contribution in [3.63, 3.8) is 0 Å². The monoisotopic (exact) mass is 289 g/mol. The van der Waals surface area contributed by atoms with Crippen LogP contribution in [0, 0.1) is 5.92 Å². The summed E-state index contributed by atoms with van der Waals surface area (Å²) in [6.45, 7) is 7.26. The second-order valence-corrected chi connectivity index (χ2v) is 6.47. The highest BCUT2D eigenvalue weighted by Crippen LogP contribution is 2.40. The highest BCUT2D eigenvalue weighted by Gasteiger charge is 2.43. The number of hydrogen-bond donors (Lipinski definition) is 1. The molecule has 1 aromatic rings. The maximum atomic E-state index is 6.18. The molecule has 1 saturated heterocycles. The van der Waals surface area contributed by atoms with Crippen LogP contribution >= 0.6 is 0 Å². The Hall–Kier alpha value is -1.20. The molecule has 3 rings (SSSR count). The lowest BCUT2D eigenvalue weighted by atomic mass is 9.92. The summed E-state index contributed by atoms with van der Waals surface area (Å²) in [5.41, 5.74) is 6.44. The van der Waals surface area contributed by atoms with Gasteiger partial charge in [0, 0.05) is 50.7 Å². The lowest BCUT2D eigenvalue weighted by molar-refractivity contribution is 0.0876. The summed E-state index contributed by atoms with van der Waals surface area (Å²) >= 11 is 0. The van der Waals surface area contributed by atoms with Gasteiger partial charge in [-0.25, -0.2) is 9.97 Å². The van der Waals surface area contributed by atoms with E-state index in [1.54, 1.807) is 0 Å². The van der Waals surface area contributed by atoms with Gasteiger partial charge in [0.25, 0.3) is 0 Å². The molecule has 2 heterocycles. The molecule has 1 aromatic heterocycles. The summed E-state index contributed by atoms with van der Waals surface area (Å²) in [5, 5.41) is 0. The third-order valence-corrected chi connectivity index (χ3v) is 5.43. The van der Waals surface area contributed by atoms with E-state index in [1.807, 2.05) is 18.5 Å². The summed E-state index contributed by atoms with van der Waals surface area (Å²) in [7, 11) is 0. The van der Waals surface area contributed by atoms with E-state index in [1.165, 1.54) is 25.7 Å². The SMILES string of the molecule is CCC1CCC(CN)(N2CCN(c3ncccn3)CC2)C1. The van der Waals surface area contributed by atoms with Crippen molar-refractivity contribution >= 4 is 5.95 Å². The standard InChI is InChI=1S/C16H27N5/c1-2-14-4-5-16(12-14,13-17)21-10-8-20(9-11-21)15-18-6-3-7-19-15/h3,6-7,14H,2,4-5,8-13,17H2,1H3. The van der Waals surface area contributed by atoms with Crippen LogP contribution in [0.4, 0.5) is 5.95 Å². The summed E-state index contributed by atoms with van der Waals surface area (Å²) < 4.78 is 0. The maximum absolute atomic E-state index is 6.18. The minimum Gasteiger partial charge on any atom is -0.338 e. The second kappa shape index (κ2) is 6.28. The molecule has 1 aliphatic carbocycles. The Morgan fingerprint density at radius 2 is 1.95 bits per heavy atom. The minimum absolute atomic E-state index is 0.254. The first-order chi connectivity index (χ1) is 10.3. The maximum Gasteiger partial charge on any atom is 0.225 e. The Kier molecular flexibility index (Phi) is 4.40. The first-order valence-electron chi connectivity index (χ1n) is 8.24. The number of rotatable bonds is 4. The van der Waals surface area contributed by atoms with Gasteiger partial charge in [-0.3, -0.25) is 4.90 Å². The third kappa shape index (κ3) is 2.90. The first-order valence-corrected chi connectivity index (χ1v) is 8.24. The normalized spacial score (nSPS) is 30.8. The van der Waals surface area contributed by atoms with E-state index in [-0.39, 0.29) is 5.54 Å². The molecule has 0 spiro atoms. The van der Waals surface area contributed by atoms with Gasteiger partial charge in [-0.2, -0.15) is 0 Å². The highest BCUT2D eigenvalue weighted by molar-refractivity contribution is 5.29. The molecule has 0 bridgehead atoms.